The number of phenolic OH excluding ortho intramolecular Hbond substituents is 2. The van der Waals surface area contributed by atoms with Gasteiger partial charge in [-0.3, -0.25) is 19.2 Å². The van der Waals surface area contributed by atoms with Crippen LogP contribution in [0.5, 0.6) is 28.7 Å². The fourth-order valence-corrected chi connectivity index (χ4v) is 6.23. The van der Waals surface area contributed by atoms with Crippen LogP contribution < -0.4 is 25.1 Å². The number of aromatic hydroxyl groups is 2. The molecule has 1 aliphatic carbocycles. The number of hydrogen-bond acceptors (Lipinski definition) is 12. The molecule has 44 heavy (non-hydrogen) atoms. The summed E-state index contributed by atoms with van der Waals surface area (Å²) in [6.07, 6.45) is 1.18. The maximum atomic E-state index is 13.9. The summed E-state index contributed by atoms with van der Waals surface area (Å²) >= 11 is 1.48. The predicted octanol–water partition coefficient (Wildman–Crippen LogP) is 3.35. The minimum atomic E-state index is -1.58. The Kier molecular flexibility index (Phi) is 7.93. The van der Waals surface area contributed by atoms with Gasteiger partial charge >= 0.3 is 0 Å². The number of aromatic amines is 1. The molecule has 2 aromatic carbocycles. The number of aromatic nitrogens is 2. The molecule has 230 valence electrons. The van der Waals surface area contributed by atoms with E-state index in [0.717, 1.165) is 0 Å². The highest BCUT2D eigenvalue weighted by Crippen LogP contribution is 2.57. The molecule has 1 aliphatic heterocycles. The molecule has 13 heteroatoms. The maximum Gasteiger partial charge on any atom is 0.258 e. The molecule has 3 aromatic rings. The van der Waals surface area contributed by atoms with Crippen molar-refractivity contribution in [1.29, 1.82) is 0 Å². The quantitative estimate of drug-likeness (QED) is 0.119. The Balaban J connectivity index is 1.32. The van der Waals surface area contributed by atoms with Crippen molar-refractivity contribution in [2.75, 3.05) is 26.5 Å². The zero-order valence-corrected chi connectivity index (χ0v) is 25.8. The molecule has 1 aromatic heterocycles. The lowest BCUT2D eigenvalue weighted by atomic mass is 9.70. The first-order valence-corrected chi connectivity index (χ1v) is 14.8. The van der Waals surface area contributed by atoms with E-state index in [2.05, 4.69) is 15.3 Å². The fourth-order valence-electron chi connectivity index (χ4n) is 5.51. The molecule has 2 heterocycles. The Bertz CT molecular complexity index is 1890. The Morgan fingerprint density at radius 1 is 1.11 bits per heavy atom. The van der Waals surface area contributed by atoms with Crippen molar-refractivity contribution in [2.45, 2.75) is 38.9 Å². The van der Waals surface area contributed by atoms with Crippen molar-refractivity contribution in [3.8, 4) is 28.7 Å². The van der Waals surface area contributed by atoms with Crippen LogP contribution in [-0.4, -0.2) is 64.0 Å². The van der Waals surface area contributed by atoms with E-state index >= 15 is 0 Å². The zero-order chi connectivity index (χ0) is 32.1. The first-order valence-electron chi connectivity index (χ1n) is 13.6. The molecule has 0 saturated carbocycles. The molecule has 5 rings (SSSR count). The van der Waals surface area contributed by atoms with Crippen LogP contribution >= 0.6 is 11.8 Å². The van der Waals surface area contributed by atoms with Crippen LogP contribution in [0.2, 0.25) is 0 Å². The summed E-state index contributed by atoms with van der Waals surface area (Å²) in [6.45, 7) is 6.18. The molecule has 1 atom stereocenters. The van der Waals surface area contributed by atoms with Gasteiger partial charge in [-0.2, -0.15) is 11.8 Å². The van der Waals surface area contributed by atoms with Crippen LogP contribution in [0.4, 0.5) is 0 Å². The highest BCUT2D eigenvalue weighted by Gasteiger charge is 2.56. The average molecular weight is 622 g/mol. The van der Waals surface area contributed by atoms with Crippen LogP contribution in [0.3, 0.4) is 0 Å². The van der Waals surface area contributed by atoms with Crippen LogP contribution in [0.1, 0.15) is 48.1 Å². The topological polar surface area (TPSA) is 177 Å². The number of hydrogen-bond donors (Lipinski definition) is 4. The van der Waals surface area contributed by atoms with Crippen molar-refractivity contribution < 1.29 is 38.8 Å². The molecule has 4 N–H and O–H groups in total. The molecule has 0 fully saturated rings. The van der Waals surface area contributed by atoms with E-state index in [-0.39, 0.29) is 45.1 Å². The maximum absolute atomic E-state index is 13.9. The summed E-state index contributed by atoms with van der Waals surface area (Å²) in [5, 5.41) is 25.0. The third-order valence-electron chi connectivity index (χ3n) is 7.89. The first-order chi connectivity index (χ1) is 20.8. The minimum absolute atomic E-state index is 0.0228. The van der Waals surface area contributed by atoms with Gasteiger partial charge in [0.15, 0.2) is 28.8 Å². The normalized spacial score (nSPS) is 18.4. The standard InChI is InChI=1S/C31H31N3O9S/c1-13-26(37)24(15(3)35)28-25(27(13)38)31(4)21(43-28)11-18(36)23(29(31)39)14(2)32-7-8-44-12-22-33-17-10-20(42-6)19(41-5)9-16(17)30(40)34-22/h9-11,32,37-38H,7-8,12H2,1-6H3,(H,33,34,40)/b23-14+/t31-/m1/s1. The number of nitrogens with one attached hydrogen (secondary N) is 2. The monoisotopic (exact) mass is 621 g/mol. The van der Waals surface area contributed by atoms with E-state index in [1.807, 2.05) is 0 Å². The van der Waals surface area contributed by atoms with Crippen LogP contribution in [0, 0.1) is 6.92 Å². The number of H-pyrrole nitrogens is 1. The Labute approximate surface area is 256 Å². The van der Waals surface area contributed by atoms with Gasteiger partial charge in [0.05, 0.1) is 42.0 Å². The summed E-state index contributed by atoms with van der Waals surface area (Å²) < 4.78 is 16.4. The molecule has 0 radical (unpaired) electrons. The van der Waals surface area contributed by atoms with Gasteiger partial charge in [-0.05, 0) is 33.8 Å². The molecule has 0 amide bonds. The largest absolute Gasteiger partial charge is 0.507 e. The Morgan fingerprint density at radius 2 is 1.80 bits per heavy atom. The molecule has 12 nitrogen and oxygen atoms in total. The molecular formula is C31H31N3O9S. The van der Waals surface area contributed by atoms with Gasteiger partial charge in [-0.15, -0.1) is 0 Å². The van der Waals surface area contributed by atoms with E-state index in [1.54, 1.807) is 19.1 Å². The first kappa shape index (κ1) is 30.7. The Morgan fingerprint density at radius 3 is 2.45 bits per heavy atom. The molecule has 0 unspecified atom stereocenters. The number of carbonyl (C=O) groups excluding carboxylic acids is 3. The number of rotatable bonds is 9. The molecule has 0 bridgehead atoms. The second-order valence-electron chi connectivity index (χ2n) is 10.6. The van der Waals surface area contributed by atoms with E-state index < -0.39 is 28.5 Å². The number of thioether (sulfide) groups is 1. The smallest absolute Gasteiger partial charge is 0.258 e. The summed E-state index contributed by atoms with van der Waals surface area (Å²) in [5.41, 5.74) is -1.26. The summed E-state index contributed by atoms with van der Waals surface area (Å²) in [6, 6.07) is 3.22. The molecular weight excluding hydrogens is 590 g/mol. The van der Waals surface area contributed by atoms with Crippen molar-refractivity contribution in [3.05, 3.63) is 68.1 Å². The summed E-state index contributed by atoms with van der Waals surface area (Å²) in [5.74, 6) is -0.358. The van der Waals surface area contributed by atoms with Gasteiger partial charge in [0.2, 0.25) is 0 Å². The molecule has 0 saturated heterocycles. The lowest BCUT2D eigenvalue weighted by Gasteiger charge is -2.29. The van der Waals surface area contributed by atoms with Crippen LogP contribution in [0.15, 0.2) is 40.0 Å². The number of ether oxygens (including phenoxy) is 3. The van der Waals surface area contributed by atoms with E-state index in [0.29, 0.717) is 52.0 Å². The number of carbonyl (C=O) groups is 3. The van der Waals surface area contributed by atoms with Gasteiger partial charge in [0, 0.05) is 35.7 Å². The zero-order valence-electron chi connectivity index (χ0n) is 25.0. The van der Waals surface area contributed by atoms with Gasteiger partial charge < -0.3 is 34.7 Å². The van der Waals surface area contributed by atoms with Gasteiger partial charge in [0.1, 0.15) is 39.8 Å². The second-order valence-corrected chi connectivity index (χ2v) is 11.7. The van der Waals surface area contributed by atoms with E-state index in [4.69, 9.17) is 14.2 Å². The third kappa shape index (κ3) is 4.77. The van der Waals surface area contributed by atoms with Gasteiger partial charge in [-0.25, -0.2) is 4.98 Å². The lowest BCUT2D eigenvalue weighted by molar-refractivity contribution is -0.123. The van der Waals surface area contributed by atoms with Gasteiger partial charge in [0.25, 0.3) is 5.56 Å². The highest BCUT2D eigenvalue weighted by molar-refractivity contribution is 7.98. The number of benzene rings is 2. The minimum Gasteiger partial charge on any atom is -0.507 e. The number of allylic oxidation sites excluding steroid dienone is 4. The number of phenols is 2. The summed E-state index contributed by atoms with van der Waals surface area (Å²) in [4.78, 5) is 59.3. The molecule has 0 spiro atoms. The Hall–Kier alpha value is -4.78. The third-order valence-corrected chi connectivity index (χ3v) is 8.87. The van der Waals surface area contributed by atoms with Crippen molar-refractivity contribution >= 4 is 40.0 Å². The van der Waals surface area contributed by atoms with Crippen LogP contribution in [0.25, 0.3) is 10.9 Å². The second kappa shape index (κ2) is 11.4. The number of fused-ring (bicyclic) bond motifs is 4. The van der Waals surface area contributed by atoms with Crippen molar-refractivity contribution in [2.24, 2.45) is 0 Å². The van der Waals surface area contributed by atoms with E-state index in [9.17, 15) is 29.4 Å². The molecule has 2 aliphatic rings. The predicted molar refractivity (Wildman–Crippen MR) is 163 cm³/mol. The van der Waals surface area contributed by atoms with Crippen LogP contribution in [-0.2, 0) is 20.8 Å². The fraction of sp³-hybridized carbons (Fsp3) is 0.323. The van der Waals surface area contributed by atoms with Crippen molar-refractivity contribution in [1.82, 2.24) is 15.3 Å². The average Bonchev–Trinajstić information content (AvgIpc) is 3.27. The lowest BCUT2D eigenvalue weighted by Crippen LogP contribution is -2.41. The summed E-state index contributed by atoms with van der Waals surface area (Å²) in [7, 11) is 2.99. The number of ketones is 3. The van der Waals surface area contributed by atoms with E-state index in [1.165, 1.54) is 52.8 Å². The number of Topliss-reactive ketones (excluding diaryl/α,β-unsaturated/α-hetero) is 2. The highest BCUT2D eigenvalue weighted by atomic mass is 32.2. The number of nitrogens with zero attached hydrogens (tertiary/aromatic N) is 1. The van der Waals surface area contributed by atoms with Gasteiger partial charge in [-0.1, -0.05) is 0 Å². The van der Waals surface area contributed by atoms with Crippen molar-refractivity contribution in [3.63, 3.8) is 0 Å². The number of methoxy groups -OCH3 is 2. The SMILES string of the molecule is COc1cc2nc(CSCCN/C(C)=C3\C(=O)C=C4Oc5c(C(C)=O)c(O)c(C)c(O)c5[C@]4(C)C3=O)[nH]c(=O)c2cc1OC.